The zero-order valence-electron chi connectivity index (χ0n) is 14.3. The van der Waals surface area contributed by atoms with Gasteiger partial charge in [0.25, 0.3) is 0 Å². The van der Waals surface area contributed by atoms with Crippen molar-refractivity contribution in [3.8, 4) is 0 Å². The van der Waals surface area contributed by atoms with Gasteiger partial charge in [-0.05, 0) is 48.1 Å². The van der Waals surface area contributed by atoms with Gasteiger partial charge in [-0.25, -0.2) is 0 Å². The molecule has 1 aromatic heterocycles. The number of hydrogen-bond acceptors (Lipinski definition) is 4. The first-order valence-electron chi connectivity index (χ1n) is 8.72. The highest BCUT2D eigenvalue weighted by molar-refractivity contribution is 7.07. The third-order valence-corrected chi connectivity index (χ3v) is 6.04. The van der Waals surface area contributed by atoms with Crippen LogP contribution in [0.15, 0.2) is 16.8 Å². The van der Waals surface area contributed by atoms with Crippen LogP contribution < -0.4 is 0 Å². The van der Waals surface area contributed by atoms with E-state index in [0.717, 1.165) is 32.2 Å². The van der Waals surface area contributed by atoms with E-state index in [1.807, 2.05) is 15.2 Å². The number of ether oxygens (including phenoxy) is 1. The molecule has 0 saturated carbocycles. The monoisotopic (exact) mass is 350 g/mol. The Morgan fingerprint density at radius 3 is 3.00 bits per heavy atom. The lowest BCUT2D eigenvalue weighted by atomic mass is 9.78. The van der Waals surface area contributed by atoms with Crippen LogP contribution in [-0.2, 0) is 20.7 Å². The molecule has 0 aromatic carbocycles. The average molecular weight is 350 g/mol. The van der Waals surface area contributed by atoms with Crippen molar-refractivity contribution in [2.45, 2.75) is 32.1 Å². The first-order valence-corrected chi connectivity index (χ1v) is 9.66. The van der Waals surface area contributed by atoms with Gasteiger partial charge >= 0.3 is 0 Å². The third-order valence-electron chi connectivity index (χ3n) is 5.30. The highest BCUT2D eigenvalue weighted by atomic mass is 32.1. The van der Waals surface area contributed by atoms with Gasteiger partial charge in [-0.15, -0.1) is 0 Å². The second-order valence-electron chi connectivity index (χ2n) is 6.87. The minimum atomic E-state index is -0.343. The molecule has 1 atom stereocenters. The van der Waals surface area contributed by atoms with Crippen LogP contribution in [0.3, 0.4) is 0 Å². The van der Waals surface area contributed by atoms with Crippen LogP contribution in [-0.4, -0.2) is 61.5 Å². The zero-order chi connectivity index (χ0) is 17.0. The summed E-state index contributed by atoms with van der Waals surface area (Å²) < 4.78 is 5.11. The molecule has 5 nitrogen and oxygen atoms in total. The number of carbonyl (C=O) groups is 2. The molecule has 2 saturated heterocycles. The van der Waals surface area contributed by atoms with E-state index in [1.54, 1.807) is 18.4 Å². The Morgan fingerprint density at radius 2 is 2.25 bits per heavy atom. The van der Waals surface area contributed by atoms with Crippen molar-refractivity contribution in [2.24, 2.45) is 5.41 Å². The maximum Gasteiger partial charge on any atom is 0.230 e. The SMILES string of the molecule is COCCN1CCC[C@@]2(CCN(C(=O)CCc3ccsc3)C2)C1=O. The predicted octanol–water partition coefficient (Wildman–Crippen LogP) is 2.17. The summed E-state index contributed by atoms with van der Waals surface area (Å²) >= 11 is 1.66. The Morgan fingerprint density at radius 1 is 1.38 bits per heavy atom. The van der Waals surface area contributed by atoms with Crippen molar-refractivity contribution in [3.63, 3.8) is 0 Å². The van der Waals surface area contributed by atoms with Crippen LogP contribution in [0.1, 0.15) is 31.2 Å². The largest absolute Gasteiger partial charge is 0.383 e. The summed E-state index contributed by atoms with van der Waals surface area (Å²) in [6, 6.07) is 2.07. The maximum absolute atomic E-state index is 12.9. The predicted molar refractivity (Wildman–Crippen MR) is 94.0 cm³/mol. The number of carbonyl (C=O) groups excluding carboxylic acids is 2. The lowest BCUT2D eigenvalue weighted by Gasteiger charge is -2.39. The second kappa shape index (κ2) is 7.66. The molecule has 6 heteroatoms. The summed E-state index contributed by atoms with van der Waals surface area (Å²) in [5.41, 5.74) is 0.881. The Hall–Kier alpha value is -1.40. The summed E-state index contributed by atoms with van der Waals surface area (Å²) in [5.74, 6) is 0.402. The fourth-order valence-electron chi connectivity index (χ4n) is 3.88. The first kappa shape index (κ1) is 17.4. The average Bonchev–Trinajstić information content (AvgIpc) is 3.25. The standard InChI is InChI=1S/C18H26N2O3S/c1-23-11-10-19-8-2-6-18(17(19)22)7-9-20(14-18)16(21)4-3-15-5-12-24-13-15/h5,12-13H,2-4,6-11,14H2,1H3/t18-/m0/s1. The fraction of sp³-hybridized carbons (Fsp3) is 0.667. The smallest absolute Gasteiger partial charge is 0.230 e. The first-order chi connectivity index (χ1) is 11.6. The van der Waals surface area contributed by atoms with Crippen molar-refractivity contribution < 1.29 is 14.3 Å². The van der Waals surface area contributed by atoms with E-state index in [2.05, 4.69) is 11.4 Å². The Bertz CT molecular complexity index is 575. The van der Waals surface area contributed by atoms with Gasteiger partial charge in [-0.3, -0.25) is 9.59 Å². The van der Waals surface area contributed by atoms with Gasteiger partial charge in [0, 0.05) is 39.7 Å². The van der Waals surface area contributed by atoms with Crippen molar-refractivity contribution in [3.05, 3.63) is 22.4 Å². The maximum atomic E-state index is 12.9. The fourth-order valence-corrected chi connectivity index (χ4v) is 4.58. The lowest BCUT2D eigenvalue weighted by Crippen LogP contribution is -2.51. The molecule has 3 heterocycles. The molecule has 0 N–H and O–H groups in total. The second-order valence-corrected chi connectivity index (χ2v) is 7.65. The molecule has 1 aromatic rings. The third kappa shape index (κ3) is 3.64. The van der Waals surface area contributed by atoms with Crippen LogP contribution in [0.5, 0.6) is 0 Å². The number of methoxy groups -OCH3 is 1. The molecule has 132 valence electrons. The number of likely N-dealkylation sites (tertiary alicyclic amines) is 2. The van der Waals surface area contributed by atoms with E-state index in [9.17, 15) is 9.59 Å². The van der Waals surface area contributed by atoms with E-state index in [4.69, 9.17) is 4.74 Å². The van der Waals surface area contributed by atoms with Gasteiger partial charge in [0.1, 0.15) is 0 Å². The molecule has 0 unspecified atom stereocenters. The van der Waals surface area contributed by atoms with Crippen molar-refractivity contribution >= 4 is 23.2 Å². The number of thiophene rings is 1. The van der Waals surface area contributed by atoms with Gasteiger partial charge in [0.05, 0.1) is 12.0 Å². The van der Waals surface area contributed by atoms with Gasteiger partial charge in [-0.1, -0.05) is 0 Å². The van der Waals surface area contributed by atoms with Crippen LogP contribution in [0, 0.1) is 5.41 Å². The molecule has 2 amide bonds. The Labute approximate surface area is 147 Å². The number of amides is 2. The molecular weight excluding hydrogens is 324 g/mol. The van der Waals surface area contributed by atoms with Crippen molar-refractivity contribution in [1.29, 1.82) is 0 Å². The molecule has 2 aliphatic rings. The summed E-state index contributed by atoms with van der Waals surface area (Å²) in [7, 11) is 1.66. The number of rotatable bonds is 6. The molecule has 1 spiro atoms. The Balaban J connectivity index is 1.56. The molecule has 0 aliphatic carbocycles. The summed E-state index contributed by atoms with van der Waals surface area (Å²) in [6.07, 6.45) is 4.06. The van der Waals surface area contributed by atoms with Crippen LogP contribution in [0.4, 0.5) is 0 Å². The molecule has 3 rings (SSSR count). The highest BCUT2D eigenvalue weighted by Gasteiger charge is 2.49. The number of aryl methyl sites for hydroxylation is 1. The van der Waals surface area contributed by atoms with Crippen molar-refractivity contribution in [2.75, 3.05) is 39.9 Å². The van der Waals surface area contributed by atoms with Gasteiger partial charge in [-0.2, -0.15) is 11.3 Å². The van der Waals surface area contributed by atoms with E-state index in [1.165, 1.54) is 5.56 Å². The molecule has 24 heavy (non-hydrogen) atoms. The van der Waals surface area contributed by atoms with Crippen LogP contribution in [0.2, 0.25) is 0 Å². The minimum absolute atomic E-state index is 0.180. The molecular formula is C18H26N2O3S. The topological polar surface area (TPSA) is 49.9 Å². The molecule has 0 radical (unpaired) electrons. The van der Waals surface area contributed by atoms with E-state index >= 15 is 0 Å². The number of hydrogen-bond donors (Lipinski definition) is 0. The van der Waals surface area contributed by atoms with E-state index < -0.39 is 0 Å². The highest BCUT2D eigenvalue weighted by Crippen LogP contribution is 2.40. The van der Waals surface area contributed by atoms with E-state index in [-0.39, 0.29) is 17.2 Å². The van der Waals surface area contributed by atoms with Crippen LogP contribution >= 0.6 is 11.3 Å². The molecule has 2 fully saturated rings. The lowest BCUT2D eigenvalue weighted by molar-refractivity contribution is -0.146. The zero-order valence-corrected chi connectivity index (χ0v) is 15.1. The summed E-state index contributed by atoms with van der Waals surface area (Å²) in [6.45, 7) is 3.36. The van der Waals surface area contributed by atoms with E-state index in [0.29, 0.717) is 32.7 Å². The Kier molecular flexibility index (Phi) is 5.56. The van der Waals surface area contributed by atoms with Gasteiger partial charge < -0.3 is 14.5 Å². The quantitative estimate of drug-likeness (QED) is 0.790. The minimum Gasteiger partial charge on any atom is -0.383 e. The molecule has 2 aliphatic heterocycles. The molecule has 0 bridgehead atoms. The number of piperidine rings is 1. The summed E-state index contributed by atoms with van der Waals surface area (Å²) in [4.78, 5) is 29.2. The van der Waals surface area contributed by atoms with Gasteiger partial charge in [0.2, 0.25) is 11.8 Å². The normalized spacial score (nSPS) is 24.1. The van der Waals surface area contributed by atoms with Gasteiger partial charge in [0.15, 0.2) is 0 Å². The number of nitrogens with zero attached hydrogens (tertiary/aromatic N) is 2. The summed E-state index contributed by atoms with van der Waals surface area (Å²) in [5, 5.41) is 4.14. The van der Waals surface area contributed by atoms with Crippen LogP contribution in [0.25, 0.3) is 0 Å². The van der Waals surface area contributed by atoms with Crippen molar-refractivity contribution in [1.82, 2.24) is 9.80 Å².